The van der Waals surface area contributed by atoms with Crippen LogP contribution < -0.4 is 5.73 Å². The monoisotopic (exact) mass is 288 g/mol. The normalized spacial score (nSPS) is 11.3. The van der Waals surface area contributed by atoms with E-state index in [4.69, 9.17) is 5.73 Å². The minimum atomic E-state index is -3.86. The summed E-state index contributed by atoms with van der Waals surface area (Å²) in [6, 6.07) is 3.01. The molecule has 0 heterocycles. The van der Waals surface area contributed by atoms with Crippen molar-refractivity contribution in [1.82, 2.24) is 4.90 Å². The van der Waals surface area contributed by atoms with E-state index in [0.717, 1.165) is 18.2 Å². The number of benzene rings is 1. The lowest BCUT2D eigenvalue weighted by molar-refractivity contribution is -0.128. The highest BCUT2D eigenvalue weighted by Crippen LogP contribution is 2.20. The molecule has 0 fully saturated rings. The summed E-state index contributed by atoms with van der Waals surface area (Å²) in [5.74, 6) is -1.77. The second-order valence-electron chi connectivity index (χ2n) is 4.01. The van der Waals surface area contributed by atoms with Crippen LogP contribution in [0.5, 0.6) is 0 Å². The first kappa shape index (κ1) is 15.4. The van der Waals surface area contributed by atoms with Crippen molar-refractivity contribution in [2.45, 2.75) is 18.7 Å². The largest absolute Gasteiger partial charge is 0.398 e. The maximum absolute atomic E-state index is 12.9. The third kappa shape index (κ3) is 3.66. The summed E-state index contributed by atoms with van der Waals surface area (Å²) in [5, 5.41) is 0. The van der Waals surface area contributed by atoms with E-state index in [9.17, 15) is 17.6 Å². The molecule has 7 heteroatoms. The molecule has 0 aromatic heterocycles. The molecule has 106 valence electrons. The van der Waals surface area contributed by atoms with E-state index in [2.05, 4.69) is 0 Å². The SMILES string of the molecule is CCN(CC)C(=O)CS(=O)(=O)c1ccc(F)cc1N. The highest BCUT2D eigenvalue weighted by atomic mass is 32.2. The van der Waals surface area contributed by atoms with E-state index in [0.29, 0.717) is 13.1 Å². The highest BCUT2D eigenvalue weighted by molar-refractivity contribution is 7.92. The van der Waals surface area contributed by atoms with Gasteiger partial charge in [-0.05, 0) is 32.0 Å². The van der Waals surface area contributed by atoms with Gasteiger partial charge in [0.2, 0.25) is 5.91 Å². The van der Waals surface area contributed by atoms with Crippen LogP contribution in [0, 0.1) is 5.82 Å². The molecule has 1 aromatic carbocycles. The lowest BCUT2D eigenvalue weighted by atomic mass is 10.3. The first-order valence-corrected chi connectivity index (χ1v) is 7.52. The average Bonchev–Trinajstić information content (AvgIpc) is 2.29. The van der Waals surface area contributed by atoms with Crippen LogP contribution in [0.2, 0.25) is 0 Å². The predicted molar refractivity (Wildman–Crippen MR) is 70.8 cm³/mol. The van der Waals surface area contributed by atoms with E-state index >= 15 is 0 Å². The smallest absolute Gasteiger partial charge is 0.238 e. The summed E-state index contributed by atoms with van der Waals surface area (Å²) < 4.78 is 37.0. The molecule has 1 aromatic rings. The van der Waals surface area contributed by atoms with Crippen LogP contribution in [0.25, 0.3) is 0 Å². The highest BCUT2D eigenvalue weighted by Gasteiger charge is 2.24. The molecule has 1 rings (SSSR count). The van der Waals surface area contributed by atoms with Crippen molar-refractivity contribution < 1.29 is 17.6 Å². The number of nitrogen functional groups attached to an aromatic ring is 1. The molecule has 0 unspecified atom stereocenters. The number of nitrogens with two attached hydrogens (primary N) is 1. The third-order valence-corrected chi connectivity index (χ3v) is 4.41. The number of carbonyl (C=O) groups excluding carboxylic acids is 1. The Bertz CT molecular complexity index is 568. The summed E-state index contributed by atoms with van der Waals surface area (Å²) in [6.45, 7) is 4.40. The number of halogens is 1. The standard InChI is InChI=1S/C12H17FN2O3S/c1-3-15(4-2)12(16)8-19(17,18)11-6-5-9(13)7-10(11)14/h5-7H,3-4,8,14H2,1-2H3. The fourth-order valence-electron chi connectivity index (χ4n) is 1.71. The van der Waals surface area contributed by atoms with Gasteiger partial charge in [-0.3, -0.25) is 4.79 Å². The molecule has 0 aliphatic carbocycles. The second kappa shape index (κ2) is 6.01. The lowest BCUT2D eigenvalue weighted by Gasteiger charge is -2.18. The van der Waals surface area contributed by atoms with Crippen molar-refractivity contribution in [3.05, 3.63) is 24.0 Å². The van der Waals surface area contributed by atoms with Gasteiger partial charge in [0.25, 0.3) is 0 Å². The van der Waals surface area contributed by atoms with Crippen molar-refractivity contribution in [1.29, 1.82) is 0 Å². The van der Waals surface area contributed by atoms with Gasteiger partial charge in [-0.2, -0.15) is 0 Å². The zero-order valence-electron chi connectivity index (χ0n) is 10.9. The Labute approximate surface area is 112 Å². The van der Waals surface area contributed by atoms with Gasteiger partial charge >= 0.3 is 0 Å². The number of anilines is 1. The zero-order chi connectivity index (χ0) is 14.6. The first-order valence-electron chi connectivity index (χ1n) is 5.87. The number of nitrogens with zero attached hydrogens (tertiary/aromatic N) is 1. The summed E-state index contributed by atoms with van der Waals surface area (Å²) >= 11 is 0. The molecule has 2 N–H and O–H groups in total. The summed E-state index contributed by atoms with van der Waals surface area (Å²) in [4.78, 5) is 13.0. The number of rotatable bonds is 5. The van der Waals surface area contributed by atoms with E-state index in [1.54, 1.807) is 13.8 Å². The minimum absolute atomic E-state index is 0.188. The Kier molecular flexibility index (Phi) is 4.88. The van der Waals surface area contributed by atoms with E-state index in [1.807, 2.05) is 0 Å². The van der Waals surface area contributed by atoms with Crippen LogP contribution in [0.3, 0.4) is 0 Å². The molecular weight excluding hydrogens is 271 g/mol. The van der Waals surface area contributed by atoms with Gasteiger partial charge < -0.3 is 10.6 Å². The van der Waals surface area contributed by atoms with Gasteiger partial charge in [0.05, 0.1) is 10.6 Å². The number of hydrogen-bond acceptors (Lipinski definition) is 4. The van der Waals surface area contributed by atoms with E-state index in [-0.39, 0.29) is 10.6 Å². The summed E-state index contributed by atoms with van der Waals surface area (Å²) in [7, 11) is -3.86. The maximum Gasteiger partial charge on any atom is 0.238 e. The fourth-order valence-corrected chi connectivity index (χ4v) is 3.07. The van der Waals surface area contributed by atoms with E-state index < -0.39 is 27.3 Å². The average molecular weight is 288 g/mol. The van der Waals surface area contributed by atoms with Crippen LogP contribution in [0.15, 0.2) is 23.1 Å². The van der Waals surface area contributed by atoms with Gasteiger partial charge in [-0.15, -0.1) is 0 Å². The zero-order valence-corrected chi connectivity index (χ0v) is 11.7. The van der Waals surface area contributed by atoms with Crippen molar-refractivity contribution in [2.75, 3.05) is 24.6 Å². The van der Waals surface area contributed by atoms with Crippen LogP contribution in [0.1, 0.15) is 13.8 Å². The quantitative estimate of drug-likeness (QED) is 0.648. The van der Waals surface area contributed by atoms with E-state index in [1.165, 1.54) is 4.90 Å². The Balaban J connectivity index is 3.02. The Hall–Kier alpha value is -1.63. The fraction of sp³-hybridized carbons (Fsp3) is 0.417. The van der Waals surface area contributed by atoms with Gasteiger partial charge in [-0.25, -0.2) is 12.8 Å². The summed E-state index contributed by atoms with van der Waals surface area (Å²) in [6.07, 6.45) is 0. The molecular formula is C12H17FN2O3S. The maximum atomic E-state index is 12.9. The lowest BCUT2D eigenvalue weighted by Crippen LogP contribution is -2.35. The van der Waals surface area contributed by atoms with Gasteiger partial charge in [-0.1, -0.05) is 0 Å². The van der Waals surface area contributed by atoms with Crippen LogP contribution >= 0.6 is 0 Å². The Morgan fingerprint density at radius 3 is 2.37 bits per heavy atom. The number of hydrogen-bond donors (Lipinski definition) is 1. The predicted octanol–water partition coefficient (Wildman–Crippen LogP) is 1.05. The molecule has 0 bridgehead atoms. The molecule has 5 nitrogen and oxygen atoms in total. The molecule has 19 heavy (non-hydrogen) atoms. The topological polar surface area (TPSA) is 80.5 Å². The number of carbonyl (C=O) groups is 1. The van der Waals surface area contributed by atoms with Crippen LogP contribution in [-0.4, -0.2) is 38.1 Å². The van der Waals surface area contributed by atoms with Gasteiger partial charge in [0.15, 0.2) is 9.84 Å². The molecule has 0 saturated carbocycles. The van der Waals surface area contributed by atoms with Gasteiger partial charge in [0, 0.05) is 13.1 Å². The number of sulfone groups is 1. The molecule has 0 atom stereocenters. The summed E-state index contributed by atoms with van der Waals surface area (Å²) in [5.41, 5.74) is 5.29. The first-order chi connectivity index (χ1) is 8.81. The van der Waals surface area contributed by atoms with Gasteiger partial charge in [0.1, 0.15) is 11.6 Å². The Morgan fingerprint density at radius 2 is 1.89 bits per heavy atom. The van der Waals surface area contributed by atoms with Crippen molar-refractivity contribution in [2.24, 2.45) is 0 Å². The van der Waals surface area contributed by atoms with Crippen LogP contribution in [-0.2, 0) is 14.6 Å². The minimum Gasteiger partial charge on any atom is -0.398 e. The molecule has 0 aliphatic rings. The third-order valence-electron chi connectivity index (χ3n) is 2.74. The molecule has 1 amide bonds. The molecule has 0 spiro atoms. The molecule has 0 radical (unpaired) electrons. The molecule has 0 saturated heterocycles. The Morgan fingerprint density at radius 1 is 1.32 bits per heavy atom. The molecule has 0 aliphatic heterocycles. The van der Waals surface area contributed by atoms with Crippen molar-refractivity contribution >= 4 is 21.4 Å². The van der Waals surface area contributed by atoms with Crippen LogP contribution in [0.4, 0.5) is 10.1 Å². The van der Waals surface area contributed by atoms with Crippen molar-refractivity contribution in [3.8, 4) is 0 Å². The van der Waals surface area contributed by atoms with Crippen molar-refractivity contribution in [3.63, 3.8) is 0 Å². The number of amides is 1. The second-order valence-corrected chi connectivity index (χ2v) is 5.97.